The van der Waals surface area contributed by atoms with E-state index in [9.17, 15) is 0 Å². The van der Waals surface area contributed by atoms with Gasteiger partial charge in [0.15, 0.2) is 0 Å². The lowest BCUT2D eigenvalue weighted by Gasteiger charge is -1.96. The molecule has 78 valence electrons. The number of alkyl halides is 1. The van der Waals surface area contributed by atoms with Crippen LogP contribution in [0.15, 0.2) is 28.7 Å². The van der Waals surface area contributed by atoms with Crippen molar-refractivity contribution in [1.29, 1.82) is 0 Å². The molecule has 0 aliphatic carbocycles. The van der Waals surface area contributed by atoms with E-state index in [1.807, 2.05) is 31.2 Å². The topological polar surface area (TPSA) is 38.9 Å². The van der Waals surface area contributed by atoms with Crippen LogP contribution in [0.25, 0.3) is 11.5 Å². The molecule has 0 saturated carbocycles. The van der Waals surface area contributed by atoms with Crippen LogP contribution in [0.3, 0.4) is 0 Å². The van der Waals surface area contributed by atoms with Crippen LogP contribution < -0.4 is 0 Å². The summed E-state index contributed by atoms with van der Waals surface area (Å²) >= 11 is 5.84. The van der Waals surface area contributed by atoms with E-state index in [1.165, 1.54) is 0 Å². The normalized spacial score (nSPS) is 12.7. The summed E-state index contributed by atoms with van der Waals surface area (Å²) < 4.78 is 5.43. The first-order chi connectivity index (χ1) is 7.16. The highest BCUT2D eigenvalue weighted by molar-refractivity contribution is 6.20. The van der Waals surface area contributed by atoms with Crippen LogP contribution >= 0.6 is 11.6 Å². The van der Waals surface area contributed by atoms with E-state index in [4.69, 9.17) is 16.0 Å². The predicted molar refractivity (Wildman–Crippen MR) is 58.7 cm³/mol. The average molecular weight is 223 g/mol. The molecule has 0 fully saturated rings. The Labute approximate surface area is 93.1 Å². The first kappa shape index (κ1) is 10.2. The van der Waals surface area contributed by atoms with Crippen molar-refractivity contribution in [2.45, 2.75) is 19.2 Å². The molecule has 15 heavy (non-hydrogen) atoms. The number of halogens is 1. The molecule has 4 heteroatoms. The molecule has 0 N–H and O–H groups in total. The summed E-state index contributed by atoms with van der Waals surface area (Å²) in [5.41, 5.74) is 2.08. The number of nitrogens with zero attached hydrogens (tertiary/aromatic N) is 2. The molecule has 0 radical (unpaired) electrons. The second kappa shape index (κ2) is 4.03. The van der Waals surface area contributed by atoms with Gasteiger partial charge in [0, 0.05) is 5.56 Å². The Bertz CT molecular complexity index is 465. The second-order valence-electron chi connectivity index (χ2n) is 3.43. The lowest BCUT2D eigenvalue weighted by Crippen LogP contribution is -1.81. The monoisotopic (exact) mass is 222 g/mol. The molecule has 0 spiro atoms. The van der Waals surface area contributed by atoms with Gasteiger partial charge in [-0.15, -0.1) is 21.8 Å². The molecule has 0 saturated heterocycles. The fourth-order valence-corrected chi connectivity index (χ4v) is 1.38. The van der Waals surface area contributed by atoms with Gasteiger partial charge in [0.1, 0.15) is 5.38 Å². The first-order valence-electron chi connectivity index (χ1n) is 4.71. The third-order valence-electron chi connectivity index (χ3n) is 2.05. The van der Waals surface area contributed by atoms with Gasteiger partial charge in [0.05, 0.1) is 0 Å². The lowest BCUT2D eigenvalue weighted by atomic mass is 10.1. The van der Waals surface area contributed by atoms with Crippen molar-refractivity contribution in [2.24, 2.45) is 0 Å². The molecule has 1 atom stereocenters. The smallest absolute Gasteiger partial charge is 0.247 e. The van der Waals surface area contributed by atoms with Gasteiger partial charge >= 0.3 is 0 Å². The molecular formula is C11H11ClN2O. The van der Waals surface area contributed by atoms with E-state index in [-0.39, 0.29) is 5.38 Å². The number of aryl methyl sites for hydroxylation is 1. The van der Waals surface area contributed by atoms with Crippen LogP contribution in [0.4, 0.5) is 0 Å². The number of hydrogen-bond donors (Lipinski definition) is 0. The average Bonchev–Trinajstić information content (AvgIpc) is 2.66. The number of hydrogen-bond acceptors (Lipinski definition) is 3. The molecule has 0 amide bonds. The maximum Gasteiger partial charge on any atom is 0.247 e. The summed E-state index contributed by atoms with van der Waals surface area (Å²) in [6.07, 6.45) is 0. The first-order valence-corrected chi connectivity index (χ1v) is 5.15. The van der Waals surface area contributed by atoms with Gasteiger partial charge in [-0.25, -0.2) is 0 Å². The molecule has 1 aromatic carbocycles. The van der Waals surface area contributed by atoms with E-state index in [2.05, 4.69) is 10.2 Å². The van der Waals surface area contributed by atoms with Crippen LogP contribution in [0, 0.1) is 6.92 Å². The van der Waals surface area contributed by atoms with Crippen LogP contribution in [-0.4, -0.2) is 10.2 Å². The van der Waals surface area contributed by atoms with E-state index >= 15 is 0 Å². The minimum absolute atomic E-state index is 0.254. The Balaban J connectivity index is 2.37. The zero-order chi connectivity index (χ0) is 10.8. The van der Waals surface area contributed by atoms with Crippen molar-refractivity contribution in [3.05, 3.63) is 35.7 Å². The second-order valence-corrected chi connectivity index (χ2v) is 4.09. The SMILES string of the molecule is Cc1cccc(-c2nnc(C(C)Cl)o2)c1. The molecule has 2 rings (SSSR count). The molecule has 0 aliphatic rings. The Morgan fingerprint density at radius 2 is 2.13 bits per heavy atom. The molecule has 1 heterocycles. The fourth-order valence-electron chi connectivity index (χ4n) is 1.29. The summed E-state index contributed by atoms with van der Waals surface area (Å²) in [6.45, 7) is 3.82. The van der Waals surface area contributed by atoms with E-state index in [0.717, 1.165) is 11.1 Å². The van der Waals surface area contributed by atoms with Gasteiger partial charge in [-0.05, 0) is 26.0 Å². The molecule has 1 unspecified atom stereocenters. The van der Waals surface area contributed by atoms with E-state index in [1.54, 1.807) is 6.92 Å². The zero-order valence-electron chi connectivity index (χ0n) is 8.57. The minimum atomic E-state index is -0.254. The van der Waals surface area contributed by atoms with E-state index in [0.29, 0.717) is 11.8 Å². The Morgan fingerprint density at radius 1 is 1.33 bits per heavy atom. The van der Waals surface area contributed by atoms with Crippen molar-refractivity contribution >= 4 is 11.6 Å². The Hall–Kier alpha value is -1.35. The van der Waals surface area contributed by atoms with Gasteiger partial charge < -0.3 is 4.42 Å². The molecule has 0 aliphatic heterocycles. The molecule has 3 nitrogen and oxygen atoms in total. The largest absolute Gasteiger partial charge is 0.419 e. The molecule has 1 aromatic heterocycles. The van der Waals surface area contributed by atoms with Crippen molar-refractivity contribution < 1.29 is 4.42 Å². The van der Waals surface area contributed by atoms with Crippen LogP contribution in [0.5, 0.6) is 0 Å². The Morgan fingerprint density at radius 3 is 2.73 bits per heavy atom. The van der Waals surface area contributed by atoms with Gasteiger partial charge in [-0.3, -0.25) is 0 Å². The molecule has 0 bridgehead atoms. The Kier molecular flexibility index (Phi) is 2.73. The maximum absolute atomic E-state index is 5.84. The van der Waals surface area contributed by atoms with Crippen molar-refractivity contribution in [1.82, 2.24) is 10.2 Å². The van der Waals surface area contributed by atoms with Gasteiger partial charge in [0.25, 0.3) is 0 Å². The van der Waals surface area contributed by atoms with E-state index < -0.39 is 0 Å². The quantitative estimate of drug-likeness (QED) is 0.732. The molecular weight excluding hydrogens is 212 g/mol. The predicted octanol–water partition coefficient (Wildman–Crippen LogP) is 3.34. The van der Waals surface area contributed by atoms with Gasteiger partial charge in [-0.2, -0.15) is 0 Å². The number of rotatable bonds is 2. The molecule has 2 aromatic rings. The number of aromatic nitrogens is 2. The number of benzene rings is 1. The standard InChI is InChI=1S/C11H11ClN2O/c1-7-4-3-5-9(6-7)11-14-13-10(15-11)8(2)12/h3-6,8H,1-2H3. The lowest BCUT2D eigenvalue weighted by molar-refractivity contribution is 0.507. The summed E-state index contributed by atoms with van der Waals surface area (Å²) in [7, 11) is 0. The summed E-state index contributed by atoms with van der Waals surface area (Å²) in [5, 5.41) is 7.57. The van der Waals surface area contributed by atoms with Crippen molar-refractivity contribution in [3.63, 3.8) is 0 Å². The summed E-state index contributed by atoms with van der Waals surface area (Å²) in [4.78, 5) is 0. The maximum atomic E-state index is 5.84. The van der Waals surface area contributed by atoms with Gasteiger partial charge in [-0.1, -0.05) is 17.7 Å². The van der Waals surface area contributed by atoms with Crippen LogP contribution in [-0.2, 0) is 0 Å². The third-order valence-corrected chi connectivity index (χ3v) is 2.23. The summed E-state index contributed by atoms with van der Waals surface area (Å²) in [6, 6.07) is 7.91. The summed E-state index contributed by atoms with van der Waals surface area (Å²) in [5.74, 6) is 0.967. The van der Waals surface area contributed by atoms with Crippen LogP contribution in [0.1, 0.15) is 23.8 Å². The highest BCUT2D eigenvalue weighted by atomic mass is 35.5. The highest BCUT2D eigenvalue weighted by Gasteiger charge is 2.12. The fraction of sp³-hybridized carbons (Fsp3) is 0.273. The highest BCUT2D eigenvalue weighted by Crippen LogP contribution is 2.23. The third kappa shape index (κ3) is 2.18. The zero-order valence-corrected chi connectivity index (χ0v) is 9.32. The van der Waals surface area contributed by atoms with Gasteiger partial charge in [0.2, 0.25) is 11.8 Å². The van der Waals surface area contributed by atoms with Crippen molar-refractivity contribution in [2.75, 3.05) is 0 Å². The minimum Gasteiger partial charge on any atom is -0.419 e. The van der Waals surface area contributed by atoms with Crippen LogP contribution in [0.2, 0.25) is 0 Å². The van der Waals surface area contributed by atoms with Crippen molar-refractivity contribution in [3.8, 4) is 11.5 Å².